The van der Waals surface area contributed by atoms with Crippen molar-refractivity contribution in [3.8, 4) is 17.0 Å². The van der Waals surface area contributed by atoms with Crippen LogP contribution in [0.25, 0.3) is 16.1 Å². The van der Waals surface area contributed by atoms with Crippen LogP contribution in [0.1, 0.15) is 27.2 Å². The zero-order chi connectivity index (χ0) is 22.8. The van der Waals surface area contributed by atoms with Crippen molar-refractivity contribution in [3.05, 3.63) is 41.9 Å². The number of benzene rings is 1. The first-order valence-corrected chi connectivity index (χ1v) is 9.61. The minimum Gasteiger partial charge on any atom is -0.495 e. The van der Waals surface area contributed by atoms with E-state index in [0.717, 1.165) is 4.90 Å². The zero-order valence-electron chi connectivity index (χ0n) is 17.4. The Balaban J connectivity index is 1.75. The van der Waals surface area contributed by atoms with Crippen molar-refractivity contribution in [1.29, 1.82) is 0 Å². The van der Waals surface area contributed by atoms with Crippen molar-refractivity contribution in [2.45, 2.75) is 44.8 Å². The number of nitrogen functional groups attached to an aromatic ring is 1. The van der Waals surface area contributed by atoms with Crippen LogP contribution in [-0.2, 0) is 4.74 Å². The molecule has 1 amide bonds. The molecule has 0 radical (unpaired) electrons. The number of carbonyl (C=O) groups is 1. The Morgan fingerprint density at radius 3 is 2.71 bits per heavy atom. The first-order valence-electron chi connectivity index (χ1n) is 9.61. The molecule has 8 nitrogen and oxygen atoms in total. The second kappa shape index (κ2) is 8.34. The number of hydrogen-bond donors (Lipinski definition) is 1. The summed E-state index contributed by atoms with van der Waals surface area (Å²) in [4.78, 5) is 24.4. The number of hydrogen-bond acceptors (Lipinski definition) is 6. The maximum atomic E-state index is 14.7. The lowest BCUT2D eigenvalue weighted by Gasteiger charge is -2.38. The van der Waals surface area contributed by atoms with Gasteiger partial charge in [0, 0.05) is 19.2 Å². The van der Waals surface area contributed by atoms with E-state index in [2.05, 4.69) is 14.8 Å². The minimum atomic E-state index is -3.31. The van der Waals surface area contributed by atoms with Gasteiger partial charge in [-0.1, -0.05) is 6.07 Å². The van der Waals surface area contributed by atoms with Gasteiger partial charge in [-0.3, -0.25) is 0 Å². The van der Waals surface area contributed by atoms with Gasteiger partial charge in [0.15, 0.2) is 6.10 Å². The van der Waals surface area contributed by atoms with Crippen LogP contribution in [0.3, 0.4) is 0 Å². The van der Waals surface area contributed by atoms with Crippen LogP contribution in [-0.4, -0.2) is 51.7 Å². The van der Waals surface area contributed by atoms with Gasteiger partial charge in [0.2, 0.25) is 11.6 Å². The fourth-order valence-electron chi connectivity index (χ4n) is 3.10. The molecule has 1 aliphatic rings. The van der Waals surface area contributed by atoms with E-state index in [1.165, 1.54) is 18.3 Å². The molecule has 0 bridgehead atoms. The molecule has 164 valence electrons. The number of piperidine rings is 1. The monoisotopic (exact) mass is 431 g/mol. The van der Waals surface area contributed by atoms with Crippen molar-refractivity contribution in [2.75, 3.05) is 18.8 Å². The molecule has 1 aliphatic heterocycles. The third kappa shape index (κ3) is 5.36. The highest BCUT2D eigenvalue weighted by atomic mass is 19.3. The van der Waals surface area contributed by atoms with Crippen LogP contribution in [0.15, 0.2) is 30.5 Å². The second-order valence-corrected chi connectivity index (χ2v) is 8.15. The number of anilines is 1. The summed E-state index contributed by atoms with van der Waals surface area (Å²) < 4.78 is 40.2. The molecule has 2 N–H and O–H groups in total. The fraction of sp³-hybridized carbons (Fsp3) is 0.429. The number of amides is 1. The number of aromatic nitrogens is 2. The quantitative estimate of drug-likeness (QED) is 0.728. The van der Waals surface area contributed by atoms with Crippen molar-refractivity contribution >= 4 is 17.7 Å². The number of halogens is 2. The van der Waals surface area contributed by atoms with E-state index < -0.39 is 30.3 Å². The number of nitrogens with zero attached hydrogens (tertiary/aromatic N) is 4. The highest BCUT2D eigenvalue weighted by Gasteiger charge is 2.48. The van der Waals surface area contributed by atoms with Gasteiger partial charge in [-0.05, 0) is 44.5 Å². The molecule has 1 saturated heterocycles. The Labute approximate surface area is 178 Å². The standard InChI is InChI=1S/C21H23F2N5O3/c1-20(2,3)31-19(29)28-10-8-17(21(22,23)12-28)30-16-6-5-13(11-15(16)25-4)14-7-9-26-18(24)27-14/h5-7,9,11,17H,8,10,12H2,1-3H3,(H2,24,26,27). The maximum absolute atomic E-state index is 14.7. The largest absolute Gasteiger partial charge is 0.495 e. The average Bonchev–Trinajstić information content (AvgIpc) is 2.68. The summed E-state index contributed by atoms with van der Waals surface area (Å²) in [6, 6.07) is 6.19. The van der Waals surface area contributed by atoms with E-state index in [9.17, 15) is 13.6 Å². The van der Waals surface area contributed by atoms with Gasteiger partial charge in [-0.2, -0.15) is 0 Å². The van der Waals surface area contributed by atoms with Gasteiger partial charge in [0.25, 0.3) is 0 Å². The molecule has 1 fully saturated rings. The Hall–Kier alpha value is -3.48. The molecule has 1 aromatic heterocycles. The van der Waals surface area contributed by atoms with Gasteiger partial charge < -0.3 is 20.1 Å². The Morgan fingerprint density at radius 2 is 2.10 bits per heavy atom. The normalized spacial score (nSPS) is 18.2. The van der Waals surface area contributed by atoms with E-state index in [4.69, 9.17) is 21.8 Å². The highest BCUT2D eigenvalue weighted by Crippen LogP contribution is 2.37. The van der Waals surface area contributed by atoms with Crippen molar-refractivity contribution < 1.29 is 23.0 Å². The number of alkyl halides is 2. The Bertz CT molecular complexity index is 1020. The topological polar surface area (TPSA) is 94.9 Å². The third-order valence-corrected chi connectivity index (χ3v) is 4.50. The van der Waals surface area contributed by atoms with Gasteiger partial charge in [0.1, 0.15) is 11.4 Å². The smallest absolute Gasteiger partial charge is 0.410 e. The molecule has 1 aromatic carbocycles. The minimum absolute atomic E-state index is 0.0381. The van der Waals surface area contributed by atoms with Gasteiger partial charge in [-0.15, -0.1) is 0 Å². The molecule has 2 aromatic rings. The second-order valence-electron chi connectivity index (χ2n) is 8.15. The maximum Gasteiger partial charge on any atom is 0.410 e. The van der Waals surface area contributed by atoms with Crippen molar-refractivity contribution in [1.82, 2.24) is 14.9 Å². The average molecular weight is 431 g/mol. The molecular weight excluding hydrogens is 408 g/mol. The van der Waals surface area contributed by atoms with Gasteiger partial charge >= 0.3 is 12.0 Å². The molecule has 1 unspecified atom stereocenters. The molecule has 0 aliphatic carbocycles. The molecule has 2 heterocycles. The number of likely N-dealkylation sites (tertiary alicyclic amines) is 1. The SMILES string of the molecule is [C-]#[N+]c1cc(-c2ccnc(N)n2)ccc1OC1CCN(C(=O)OC(C)(C)C)CC1(F)F. The Kier molecular flexibility index (Phi) is 5.97. The molecule has 31 heavy (non-hydrogen) atoms. The number of nitrogens with two attached hydrogens (primary N) is 1. The number of rotatable bonds is 3. The van der Waals surface area contributed by atoms with Crippen molar-refractivity contribution in [3.63, 3.8) is 0 Å². The van der Waals surface area contributed by atoms with E-state index in [1.54, 1.807) is 32.9 Å². The lowest BCUT2D eigenvalue weighted by Crippen LogP contribution is -2.56. The summed E-state index contributed by atoms with van der Waals surface area (Å²) in [6.45, 7) is 11.7. The van der Waals surface area contributed by atoms with Crippen LogP contribution < -0.4 is 10.5 Å². The first-order chi connectivity index (χ1) is 14.5. The predicted octanol–water partition coefficient (Wildman–Crippen LogP) is 4.30. The predicted molar refractivity (Wildman–Crippen MR) is 110 cm³/mol. The summed E-state index contributed by atoms with van der Waals surface area (Å²) in [5.41, 5.74) is 5.96. The molecule has 0 spiro atoms. The number of ether oxygens (including phenoxy) is 2. The van der Waals surface area contributed by atoms with Gasteiger partial charge in [-0.25, -0.2) is 28.4 Å². The molecular formula is C21H23F2N5O3. The third-order valence-electron chi connectivity index (χ3n) is 4.50. The summed E-state index contributed by atoms with van der Waals surface area (Å²) in [5, 5.41) is 0. The van der Waals surface area contributed by atoms with E-state index in [0.29, 0.717) is 11.3 Å². The molecule has 10 heteroatoms. The van der Waals surface area contributed by atoms with Crippen molar-refractivity contribution in [2.24, 2.45) is 0 Å². The highest BCUT2D eigenvalue weighted by molar-refractivity contribution is 5.71. The molecule has 0 saturated carbocycles. The summed E-state index contributed by atoms with van der Waals surface area (Å²) in [7, 11) is 0. The Morgan fingerprint density at radius 1 is 1.35 bits per heavy atom. The molecule has 1 atom stereocenters. The van der Waals surface area contributed by atoms with Crippen LogP contribution in [0.2, 0.25) is 0 Å². The summed E-state index contributed by atoms with van der Waals surface area (Å²) >= 11 is 0. The number of carbonyl (C=O) groups excluding carboxylic acids is 1. The summed E-state index contributed by atoms with van der Waals surface area (Å²) in [6.07, 6.45) is -0.889. The molecule has 3 rings (SSSR count). The summed E-state index contributed by atoms with van der Waals surface area (Å²) in [5.74, 6) is -3.19. The van der Waals surface area contributed by atoms with E-state index in [-0.39, 0.29) is 30.4 Å². The lowest BCUT2D eigenvalue weighted by molar-refractivity contribution is -0.137. The fourth-order valence-corrected chi connectivity index (χ4v) is 3.10. The van der Waals surface area contributed by atoms with E-state index >= 15 is 0 Å². The van der Waals surface area contributed by atoms with Crippen LogP contribution in [0, 0.1) is 6.57 Å². The lowest BCUT2D eigenvalue weighted by atomic mass is 10.0. The van der Waals surface area contributed by atoms with Gasteiger partial charge in [0.05, 0.1) is 18.8 Å². The first kappa shape index (κ1) is 22.2. The zero-order valence-corrected chi connectivity index (χ0v) is 17.4. The van der Waals surface area contributed by atoms with Crippen LogP contribution >= 0.6 is 0 Å². The van der Waals surface area contributed by atoms with Crippen LogP contribution in [0.4, 0.5) is 25.2 Å². The van der Waals surface area contributed by atoms with E-state index in [1.807, 2.05) is 0 Å². The van der Waals surface area contributed by atoms with Crippen LogP contribution in [0.5, 0.6) is 5.75 Å².